The standard InChI is InChI=1S/C20H17BrN2OS/c1-13-19(20(24-23-13)14-6-8-16(21)9-7-14)22-11-10-17-12-15-4-2-3-5-18(15)25-17/h2-9,12,22H,10-11H2,1H3. The van der Waals surface area contributed by atoms with Gasteiger partial charge in [0.1, 0.15) is 11.4 Å². The van der Waals surface area contributed by atoms with Crippen LogP contribution in [0.2, 0.25) is 0 Å². The zero-order valence-corrected chi connectivity index (χ0v) is 16.2. The van der Waals surface area contributed by atoms with Gasteiger partial charge in [0.15, 0.2) is 5.76 Å². The minimum Gasteiger partial charge on any atom is -0.380 e. The van der Waals surface area contributed by atoms with Crippen LogP contribution in [0, 0.1) is 6.92 Å². The van der Waals surface area contributed by atoms with Gasteiger partial charge in [0, 0.05) is 26.2 Å². The van der Waals surface area contributed by atoms with Crippen molar-refractivity contribution in [3.8, 4) is 11.3 Å². The van der Waals surface area contributed by atoms with E-state index in [-0.39, 0.29) is 0 Å². The van der Waals surface area contributed by atoms with Gasteiger partial charge in [-0.15, -0.1) is 11.3 Å². The van der Waals surface area contributed by atoms with Gasteiger partial charge in [-0.2, -0.15) is 0 Å². The molecule has 4 rings (SSSR count). The summed E-state index contributed by atoms with van der Waals surface area (Å²) in [6.07, 6.45) is 0.976. The fourth-order valence-corrected chi connectivity index (χ4v) is 4.18. The number of hydrogen-bond acceptors (Lipinski definition) is 4. The number of halogens is 1. The van der Waals surface area contributed by atoms with E-state index in [9.17, 15) is 0 Å². The number of rotatable bonds is 5. The molecular weight excluding hydrogens is 396 g/mol. The molecule has 0 bridgehead atoms. The van der Waals surface area contributed by atoms with E-state index >= 15 is 0 Å². The van der Waals surface area contributed by atoms with Crippen molar-refractivity contribution < 1.29 is 4.52 Å². The summed E-state index contributed by atoms with van der Waals surface area (Å²) in [7, 11) is 0. The Hall–Kier alpha value is -2.11. The molecule has 1 N–H and O–H groups in total. The third-order valence-electron chi connectivity index (χ3n) is 4.12. The molecule has 0 saturated heterocycles. The maximum absolute atomic E-state index is 5.55. The molecule has 0 atom stereocenters. The quantitative estimate of drug-likeness (QED) is 0.418. The lowest BCUT2D eigenvalue weighted by atomic mass is 10.1. The topological polar surface area (TPSA) is 38.1 Å². The highest BCUT2D eigenvalue weighted by atomic mass is 79.9. The van der Waals surface area contributed by atoms with Crippen molar-refractivity contribution in [3.05, 3.63) is 69.6 Å². The average molecular weight is 413 g/mol. The molecule has 0 spiro atoms. The van der Waals surface area contributed by atoms with E-state index in [0.29, 0.717) is 0 Å². The fraction of sp³-hybridized carbons (Fsp3) is 0.150. The Morgan fingerprint density at radius 2 is 1.92 bits per heavy atom. The summed E-state index contributed by atoms with van der Waals surface area (Å²) < 4.78 is 7.94. The van der Waals surface area contributed by atoms with Gasteiger partial charge < -0.3 is 9.84 Å². The number of fused-ring (bicyclic) bond motifs is 1. The second-order valence-corrected chi connectivity index (χ2v) is 7.99. The monoisotopic (exact) mass is 412 g/mol. The molecular formula is C20H17BrN2OS. The van der Waals surface area contributed by atoms with Gasteiger partial charge in [-0.05, 0) is 55.1 Å². The highest BCUT2D eigenvalue weighted by molar-refractivity contribution is 9.10. The van der Waals surface area contributed by atoms with Gasteiger partial charge in [0.05, 0.1) is 0 Å². The van der Waals surface area contributed by atoms with E-state index in [1.165, 1.54) is 15.0 Å². The molecule has 5 heteroatoms. The van der Waals surface area contributed by atoms with E-state index in [4.69, 9.17) is 4.52 Å². The molecule has 25 heavy (non-hydrogen) atoms. The third-order valence-corrected chi connectivity index (χ3v) is 5.82. The average Bonchev–Trinajstić information content (AvgIpc) is 3.19. The smallest absolute Gasteiger partial charge is 0.190 e. The van der Waals surface area contributed by atoms with Gasteiger partial charge in [0.2, 0.25) is 0 Å². The molecule has 0 aliphatic rings. The second-order valence-electron chi connectivity index (χ2n) is 5.91. The van der Waals surface area contributed by atoms with Crippen LogP contribution >= 0.6 is 27.3 Å². The molecule has 0 aliphatic carbocycles. The van der Waals surface area contributed by atoms with Crippen LogP contribution in [0.15, 0.2) is 63.6 Å². The number of thiophene rings is 1. The first-order chi connectivity index (χ1) is 12.2. The minimum atomic E-state index is 0.793. The minimum absolute atomic E-state index is 0.793. The van der Waals surface area contributed by atoms with Crippen LogP contribution in [-0.4, -0.2) is 11.7 Å². The lowest BCUT2D eigenvalue weighted by Gasteiger charge is -2.06. The Labute approximate surface area is 158 Å². The first kappa shape index (κ1) is 16.4. The predicted octanol–water partition coefficient (Wildman–Crippen LogP) is 6.28. The number of aromatic nitrogens is 1. The Morgan fingerprint density at radius 3 is 2.72 bits per heavy atom. The van der Waals surface area contributed by atoms with Gasteiger partial charge in [-0.1, -0.05) is 39.3 Å². The number of hydrogen-bond donors (Lipinski definition) is 1. The van der Waals surface area contributed by atoms with Gasteiger partial charge >= 0.3 is 0 Å². The summed E-state index contributed by atoms with van der Waals surface area (Å²) in [6.45, 7) is 2.81. The van der Waals surface area contributed by atoms with Crippen molar-refractivity contribution >= 4 is 43.0 Å². The number of aryl methyl sites for hydroxylation is 1. The molecule has 4 aromatic rings. The van der Waals surface area contributed by atoms with Crippen LogP contribution in [0.4, 0.5) is 5.69 Å². The fourth-order valence-electron chi connectivity index (χ4n) is 2.85. The lowest BCUT2D eigenvalue weighted by molar-refractivity contribution is 0.427. The molecule has 2 aromatic heterocycles. The number of benzene rings is 2. The van der Waals surface area contributed by atoms with Crippen LogP contribution in [0.5, 0.6) is 0 Å². The molecule has 2 aromatic carbocycles. The van der Waals surface area contributed by atoms with Crippen LogP contribution in [-0.2, 0) is 6.42 Å². The van der Waals surface area contributed by atoms with Crippen molar-refractivity contribution in [1.29, 1.82) is 0 Å². The zero-order valence-electron chi connectivity index (χ0n) is 13.8. The summed E-state index contributed by atoms with van der Waals surface area (Å²) in [4.78, 5) is 1.38. The molecule has 126 valence electrons. The number of nitrogens with one attached hydrogen (secondary N) is 1. The van der Waals surface area contributed by atoms with Gasteiger partial charge in [-0.3, -0.25) is 0 Å². The molecule has 0 aliphatic heterocycles. The maximum Gasteiger partial charge on any atom is 0.190 e. The van der Waals surface area contributed by atoms with E-state index in [1.807, 2.05) is 42.5 Å². The van der Waals surface area contributed by atoms with E-state index in [0.717, 1.165) is 40.1 Å². The Morgan fingerprint density at radius 1 is 1.12 bits per heavy atom. The third kappa shape index (κ3) is 3.48. The summed E-state index contributed by atoms with van der Waals surface area (Å²) in [6, 6.07) is 18.9. The first-order valence-corrected chi connectivity index (χ1v) is 9.75. The van der Waals surface area contributed by atoms with Gasteiger partial charge in [-0.25, -0.2) is 0 Å². The first-order valence-electron chi connectivity index (χ1n) is 8.14. The van der Waals surface area contributed by atoms with Crippen molar-refractivity contribution in [1.82, 2.24) is 5.16 Å². The maximum atomic E-state index is 5.55. The SMILES string of the molecule is Cc1noc(-c2ccc(Br)cc2)c1NCCc1cc2ccccc2s1. The van der Waals surface area contributed by atoms with Crippen LogP contribution in [0.3, 0.4) is 0 Å². The summed E-state index contributed by atoms with van der Waals surface area (Å²) in [5.41, 5.74) is 2.88. The molecule has 0 radical (unpaired) electrons. The molecule has 0 amide bonds. The molecule has 3 nitrogen and oxygen atoms in total. The second kappa shape index (κ2) is 7.02. The van der Waals surface area contributed by atoms with E-state index in [2.05, 4.69) is 56.7 Å². The number of nitrogens with zero attached hydrogens (tertiary/aromatic N) is 1. The lowest BCUT2D eigenvalue weighted by Crippen LogP contribution is -2.05. The van der Waals surface area contributed by atoms with Crippen molar-refractivity contribution in [2.24, 2.45) is 0 Å². The summed E-state index contributed by atoms with van der Waals surface area (Å²) in [5.74, 6) is 0.793. The largest absolute Gasteiger partial charge is 0.380 e. The normalized spacial score (nSPS) is 11.1. The van der Waals surface area contributed by atoms with E-state index < -0.39 is 0 Å². The van der Waals surface area contributed by atoms with Crippen molar-refractivity contribution in [2.75, 3.05) is 11.9 Å². The van der Waals surface area contributed by atoms with Crippen LogP contribution in [0.25, 0.3) is 21.4 Å². The number of anilines is 1. The van der Waals surface area contributed by atoms with Crippen LogP contribution in [0.1, 0.15) is 10.6 Å². The van der Waals surface area contributed by atoms with E-state index in [1.54, 1.807) is 0 Å². The van der Waals surface area contributed by atoms with Crippen molar-refractivity contribution in [3.63, 3.8) is 0 Å². The molecule has 0 unspecified atom stereocenters. The highest BCUT2D eigenvalue weighted by Gasteiger charge is 2.14. The Balaban J connectivity index is 1.49. The molecule has 2 heterocycles. The molecule has 0 saturated carbocycles. The Bertz CT molecular complexity index is 971. The van der Waals surface area contributed by atoms with Gasteiger partial charge in [0.25, 0.3) is 0 Å². The summed E-state index contributed by atoms with van der Waals surface area (Å²) in [5, 5.41) is 8.95. The zero-order chi connectivity index (χ0) is 17.2. The predicted molar refractivity (Wildman–Crippen MR) is 108 cm³/mol. The highest BCUT2D eigenvalue weighted by Crippen LogP contribution is 2.32. The van der Waals surface area contributed by atoms with Crippen molar-refractivity contribution in [2.45, 2.75) is 13.3 Å². The Kier molecular flexibility index (Phi) is 4.59. The van der Waals surface area contributed by atoms with Crippen LogP contribution < -0.4 is 5.32 Å². The molecule has 0 fully saturated rings. The summed E-state index contributed by atoms with van der Waals surface area (Å²) >= 11 is 5.32.